The molecule has 3 N–H and O–H groups in total. The maximum Gasteiger partial charge on any atom is 0.226 e. The molecule has 0 atom stereocenters. The van der Waals surface area contributed by atoms with Gasteiger partial charge in [-0.05, 0) is 44.4 Å². The molecular weight excluding hydrogens is 470 g/mol. The first-order valence-electron chi connectivity index (χ1n) is 11.7. The number of anilines is 1. The Morgan fingerprint density at radius 2 is 2.12 bits per heavy atom. The Labute approximate surface area is 206 Å². The van der Waals surface area contributed by atoms with Gasteiger partial charge in [0.25, 0.3) is 0 Å². The third-order valence-corrected chi connectivity index (χ3v) is 8.98. The number of thiophene rings is 1. The molecule has 10 heteroatoms. The van der Waals surface area contributed by atoms with Crippen LogP contribution in [0.5, 0.6) is 0 Å². The van der Waals surface area contributed by atoms with Crippen molar-refractivity contribution in [2.75, 3.05) is 38.2 Å². The second-order valence-electron chi connectivity index (χ2n) is 8.92. The van der Waals surface area contributed by atoms with E-state index in [4.69, 9.17) is 9.72 Å². The molecule has 0 spiro atoms. The highest BCUT2D eigenvalue weighted by Gasteiger charge is 2.36. The number of ether oxygens (including phenoxy) is 1. The van der Waals surface area contributed by atoms with E-state index >= 15 is 0 Å². The predicted molar refractivity (Wildman–Crippen MR) is 135 cm³/mol. The van der Waals surface area contributed by atoms with Gasteiger partial charge in [0.05, 0.1) is 10.9 Å². The average Bonchev–Trinajstić information content (AvgIpc) is 3.43. The van der Waals surface area contributed by atoms with Crippen molar-refractivity contribution >= 4 is 49.6 Å². The summed E-state index contributed by atoms with van der Waals surface area (Å²) in [6.07, 6.45) is 6.29. The molecule has 1 saturated heterocycles. The van der Waals surface area contributed by atoms with Crippen molar-refractivity contribution < 1.29 is 14.3 Å². The van der Waals surface area contributed by atoms with E-state index in [1.807, 2.05) is 6.07 Å². The normalized spacial score (nSPS) is 17.4. The van der Waals surface area contributed by atoms with Crippen molar-refractivity contribution in [1.82, 2.24) is 20.6 Å². The van der Waals surface area contributed by atoms with Gasteiger partial charge in [-0.2, -0.15) is 0 Å². The minimum absolute atomic E-state index is 0.0352. The van der Waals surface area contributed by atoms with Crippen molar-refractivity contribution in [2.45, 2.75) is 39.2 Å². The summed E-state index contributed by atoms with van der Waals surface area (Å²) in [5.74, 6) is 0.160. The van der Waals surface area contributed by atoms with Gasteiger partial charge in [-0.1, -0.05) is 0 Å². The quantitative estimate of drug-likeness (QED) is 0.408. The molecule has 8 nitrogen and oxygen atoms in total. The van der Waals surface area contributed by atoms with Gasteiger partial charge < -0.3 is 20.7 Å². The fourth-order valence-electron chi connectivity index (χ4n) is 4.67. The molecule has 3 aromatic heterocycles. The van der Waals surface area contributed by atoms with Crippen LogP contribution in [0.15, 0.2) is 18.5 Å². The summed E-state index contributed by atoms with van der Waals surface area (Å²) in [7, 11) is 0. The minimum Gasteiger partial charge on any atom is -0.381 e. The first-order valence-corrected chi connectivity index (χ1v) is 13.3. The number of hydrogen-bond acceptors (Lipinski definition) is 9. The largest absolute Gasteiger partial charge is 0.381 e. The molecule has 0 bridgehead atoms. The van der Waals surface area contributed by atoms with Crippen molar-refractivity contribution in [1.29, 1.82) is 0 Å². The van der Waals surface area contributed by atoms with Gasteiger partial charge in [-0.15, -0.1) is 22.7 Å². The van der Waals surface area contributed by atoms with Crippen LogP contribution in [0.3, 0.4) is 0 Å². The molecule has 0 unspecified atom stereocenters. The van der Waals surface area contributed by atoms with Crippen molar-refractivity contribution in [2.24, 2.45) is 5.41 Å². The van der Waals surface area contributed by atoms with Crippen LogP contribution in [0.4, 0.5) is 5.00 Å². The number of aromatic nitrogens is 2. The van der Waals surface area contributed by atoms with Crippen LogP contribution in [0.25, 0.3) is 20.8 Å². The zero-order valence-electron chi connectivity index (χ0n) is 19.2. The topological polar surface area (TPSA) is 105 Å². The zero-order valence-corrected chi connectivity index (χ0v) is 20.9. The minimum atomic E-state index is -0.372. The van der Waals surface area contributed by atoms with Gasteiger partial charge in [0.15, 0.2) is 0 Å². The molecule has 2 aliphatic heterocycles. The number of carbonyl (C=O) groups excluding carboxylic acids is 2. The van der Waals surface area contributed by atoms with Crippen LogP contribution in [0, 0.1) is 5.41 Å². The lowest BCUT2D eigenvalue weighted by Crippen LogP contribution is -2.44. The monoisotopic (exact) mass is 499 g/mol. The number of Topliss-reactive ketones (excluding diaryl/α,β-unsaturated/α-hetero) is 1. The Morgan fingerprint density at radius 1 is 1.26 bits per heavy atom. The van der Waals surface area contributed by atoms with Gasteiger partial charge in [0.2, 0.25) is 5.91 Å². The number of nitrogens with one attached hydrogen (secondary N) is 3. The second-order valence-corrected chi connectivity index (χ2v) is 11.1. The Hall–Kier alpha value is -2.24. The molecule has 34 heavy (non-hydrogen) atoms. The third-order valence-electron chi connectivity index (χ3n) is 6.77. The van der Waals surface area contributed by atoms with Crippen LogP contribution in [-0.4, -0.2) is 54.5 Å². The van der Waals surface area contributed by atoms with E-state index in [1.54, 1.807) is 42.0 Å². The van der Waals surface area contributed by atoms with E-state index in [0.717, 1.165) is 58.1 Å². The molecular formula is C24H29N5O3S2. The lowest BCUT2D eigenvalue weighted by atomic mass is 9.77. The number of carbonyl (C=O) groups is 2. The average molecular weight is 500 g/mol. The fraction of sp³-hybridized carbons (Fsp3) is 0.500. The number of fused-ring (bicyclic) bond motifs is 2. The molecule has 1 amide bonds. The molecule has 1 fully saturated rings. The molecule has 0 aliphatic carbocycles. The van der Waals surface area contributed by atoms with Crippen LogP contribution in [0.1, 0.15) is 36.6 Å². The van der Waals surface area contributed by atoms with Gasteiger partial charge >= 0.3 is 0 Å². The standard InChI is InChI=1S/C24H29N5O3S2/c1-15(30)24(5-10-32-11-6-24)14-27-9-4-20(31)29-23-21(16-2-7-26-13-19(16)34-23)22-28-17-12-25-8-3-18(17)33-22/h3,8,12,26-27H,2,4-7,9-11,13-14H2,1H3,(H,29,31). The molecule has 0 aromatic carbocycles. The number of ketones is 1. The number of rotatable bonds is 8. The van der Waals surface area contributed by atoms with Crippen LogP contribution >= 0.6 is 22.7 Å². The molecule has 0 radical (unpaired) electrons. The van der Waals surface area contributed by atoms with Crippen molar-refractivity contribution in [3.63, 3.8) is 0 Å². The molecule has 5 rings (SSSR count). The van der Waals surface area contributed by atoms with Gasteiger partial charge in [0.1, 0.15) is 21.3 Å². The number of amides is 1. The number of thiazole rings is 1. The molecule has 0 saturated carbocycles. The lowest BCUT2D eigenvalue weighted by Gasteiger charge is -2.35. The SMILES string of the molecule is CC(=O)C1(CNCCC(=O)Nc2sc3c(c2-c2nc4cnccc4s2)CCNC3)CCOCC1. The van der Waals surface area contributed by atoms with Crippen LogP contribution < -0.4 is 16.0 Å². The van der Waals surface area contributed by atoms with Gasteiger partial charge in [-0.25, -0.2) is 4.98 Å². The smallest absolute Gasteiger partial charge is 0.226 e. The third kappa shape index (κ3) is 4.78. The van der Waals surface area contributed by atoms with Crippen molar-refractivity contribution in [3.05, 3.63) is 28.9 Å². The first-order chi connectivity index (χ1) is 16.6. The first kappa shape index (κ1) is 23.5. The lowest BCUT2D eigenvalue weighted by molar-refractivity contribution is -0.131. The van der Waals surface area contributed by atoms with E-state index < -0.39 is 0 Å². The Kier molecular flexibility index (Phi) is 7.03. The number of nitrogens with zero attached hydrogens (tertiary/aromatic N) is 2. The Balaban J connectivity index is 1.27. The molecule has 2 aliphatic rings. The van der Waals surface area contributed by atoms with Crippen LogP contribution in [0.2, 0.25) is 0 Å². The van der Waals surface area contributed by atoms with E-state index in [2.05, 4.69) is 20.9 Å². The molecule has 3 aromatic rings. The van der Waals surface area contributed by atoms with Crippen molar-refractivity contribution in [3.8, 4) is 10.6 Å². The molecule has 180 valence electrons. The summed E-state index contributed by atoms with van der Waals surface area (Å²) in [5, 5.41) is 11.7. The second kappa shape index (κ2) is 10.2. The fourth-order valence-corrected chi connectivity index (χ4v) is 6.98. The molecule has 5 heterocycles. The highest BCUT2D eigenvalue weighted by Crippen LogP contribution is 2.44. The summed E-state index contributed by atoms with van der Waals surface area (Å²) >= 11 is 3.28. The zero-order chi connectivity index (χ0) is 23.5. The maximum absolute atomic E-state index is 12.9. The Morgan fingerprint density at radius 3 is 2.91 bits per heavy atom. The van der Waals surface area contributed by atoms with E-state index in [-0.39, 0.29) is 17.1 Å². The number of hydrogen-bond donors (Lipinski definition) is 3. The number of pyridine rings is 1. The summed E-state index contributed by atoms with van der Waals surface area (Å²) in [4.78, 5) is 35.4. The summed E-state index contributed by atoms with van der Waals surface area (Å²) < 4.78 is 6.52. The van der Waals surface area contributed by atoms with Crippen LogP contribution in [-0.2, 0) is 27.3 Å². The predicted octanol–water partition coefficient (Wildman–Crippen LogP) is 3.37. The van der Waals surface area contributed by atoms with E-state index in [1.165, 1.54) is 10.4 Å². The summed E-state index contributed by atoms with van der Waals surface area (Å²) in [5.41, 5.74) is 2.85. The van der Waals surface area contributed by atoms with Gasteiger partial charge in [0, 0.05) is 61.3 Å². The maximum atomic E-state index is 12.9. The van der Waals surface area contributed by atoms with E-state index in [0.29, 0.717) is 32.7 Å². The summed E-state index contributed by atoms with van der Waals surface area (Å²) in [6, 6.07) is 1.98. The van der Waals surface area contributed by atoms with E-state index in [9.17, 15) is 9.59 Å². The Bertz CT molecular complexity index is 1170. The highest BCUT2D eigenvalue weighted by atomic mass is 32.1. The highest BCUT2D eigenvalue weighted by molar-refractivity contribution is 7.22. The summed E-state index contributed by atoms with van der Waals surface area (Å²) in [6.45, 7) is 5.73. The van der Waals surface area contributed by atoms with Gasteiger partial charge in [-0.3, -0.25) is 14.6 Å².